The number of carbonyl (C=O) groups excluding carboxylic acids is 1. The molecule has 0 amide bonds. The zero-order valence-corrected chi connectivity index (χ0v) is 12.0. The fourth-order valence-corrected chi connectivity index (χ4v) is 1.89. The van der Waals surface area contributed by atoms with Crippen molar-refractivity contribution in [3.63, 3.8) is 0 Å². The first-order chi connectivity index (χ1) is 7.85. The van der Waals surface area contributed by atoms with Gasteiger partial charge in [-0.15, -0.1) is 0 Å². The van der Waals surface area contributed by atoms with Crippen LogP contribution < -0.4 is 5.73 Å². The topological polar surface area (TPSA) is 55.6 Å². The molecule has 0 saturated heterocycles. The largest absolute Gasteiger partial charge is 0.468 e. The minimum absolute atomic E-state index is 0.332. The summed E-state index contributed by atoms with van der Waals surface area (Å²) >= 11 is 0. The Morgan fingerprint density at radius 1 is 1.53 bits per heavy atom. The standard InChI is InChI=1S/C13H28N2O2/c1-6-8-11(2)15(4)10-7-9-13(3,14)12(16)17-5/h11H,6-10,14H2,1-5H3. The summed E-state index contributed by atoms with van der Waals surface area (Å²) in [6.07, 6.45) is 3.96. The van der Waals surface area contributed by atoms with Gasteiger partial charge in [0.2, 0.25) is 0 Å². The van der Waals surface area contributed by atoms with Gasteiger partial charge in [0.15, 0.2) is 0 Å². The Kier molecular flexibility index (Phi) is 7.39. The molecule has 0 radical (unpaired) electrons. The van der Waals surface area contributed by atoms with Gasteiger partial charge in [-0.2, -0.15) is 0 Å². The molecule has 0 aromatic rings. The Morgan fingerprint density at radius 2 is 2.12 bits per heavy atom. The fourth-order valence-electron chi connectivity index (χ4n) is 1.89. The predicted octanol–water partition coefficient (Wildman–Crippen LogP) is 1.78. The average Bonchev–Trinajstić information content (AvgIpc) is 2.27. The lowest BCUT2D eigenvalue weighted by Gasteiger charge is -2.26. The van der Waals surface area contributed by atoms with Crippen molar-refractivity contribution in [1.82, 2.24) is 4.90 Å². The van der Waals surface area contributed by atoms with Crippen molar-refractivity contribution in [3.05, 3.63) is 0 Å². The monoisotopic (exact) mass is 244 g/mol. The van der Waals surface area contributed by atoms with Crippen LogP contribution in [0.1, 0.15) is 46.5 Å². The first kappa shape index (κ1) is 16.4. The smallest absolute Gasteiger partial charge is 0.325 e. The molecule has 0 fully saturated rings. The Bertz CT molecular complexity index is 229. The second-order valence-electron chi connectivity index (χ2n) is 5.13. The highest BCUT2D eigenvalue weighted by Gasteiger charge is 2.28. The minimum atomic E-state index is -0.858. The molecule has 0 aliphatic carbocycles. The van der Waals surface area contributed by atoms with E-state index in [1.807, 2.05) is 0 Å². The normalized spacial score (nSPS) is 16.6. The van der Waals surface area contributed by atoms with Crippen LogP contribution in [0.5, 0.6) is 0 Å². The molecule has 0 saturated carbocycles. The van der Waals surface area contributed by atoms with E-state index < -0.39 is 5.54 Å². The maximum absolute atomic E-state index is 11.4. The zero-order chi connectivity index (χ0) is 13.5. The summed E-state index contributed by atoms with van der Waals surface area (Å²) < 4.78 is 4.68. The minimum Gasteiger partial charge on any atom is -0.468 e. The van der Waals surface area contributed by atoms with E-state index in [4.69, 9.17) is 5.73 Å². The summed E-state index contributed by atoms with van der Waals surface area (Å²) in [6.45, 7) is 7.11. The number of esters is 1. The van der Waals surface area contributed by atoms with E-state index in [9.17, 15) is 4.79 Å². The molecule has 0 aliphatic heterocycles. The van der Waals surface area contributed by atoms with Crippen molar-refractivity contribution in [2.45, 2.75) is 58.0 Å². The Labute approximate surface area is 105 Å². The van der Waals surface area contributed by atoms with E-state index in [0.717, 1.165) is 13.0 Å². The van der Waals surface area contributed by atoms with Crippen molar-refractivity contribution >= 4 is 5.97 Å². The van der Waals surface area contributed by atoms with Crippen LogP contribution >= 0.6 is 0 Å². The zero-order valence-electron chi connectivity index (χ0n) is 12.0. The lowest BCUT2D eigenvalue weighted by molar-refractivity contribution is -0.146. The van der Waals surface area contributed by atoms with Crippen molar-refractivity contribution in [2.75, 3.05) is 20.7 Å². The van der Waals surface area contributed by atoms with Crippen molar-refractivity contribution in [1.29, 1.82) is 0 Å². The van der Waals surface area contributed by atoms with Crippen molar-refractivity contribution in [3.8, 4) is 0 Å². The van der Waals surface area contributed by atoms with E-state index in [0.29, 0.717) is 12.5 Å². The van der Waals surface area contributed by atoms with E-state index in [1.165, 1.54) is 20.0 Å². The molecule has 4 nitrogen and oxygen atoms in total. The Balaban J connectivity index is 3.94. The Morgan fingerprint density at radius 3 is 2.59 bits per heavy atom. The molecule has 0 aromatic carbocycles. The second-order valence-corrected chi connectivity index (χ2v) is 5.13. The van der Waals surface area contributed by atoms with E-state index in [2.05, 4.69) is 30.5 Å². The maximum atomic E-state index is 11.4. The van der Waals surface area contributed by atoms with E-state index in [1.54, 1.807) is 6.92 Å². The van der Waals surface area contributed by atoms with Crippen LogP contribution in [0.4, 0.5) is 0 Å². The summed E-state index contributed by atoms with van der Waals surface area (Å²) in [5.41, 5.74) is 5.04. The average molecular weight is 244 g/mol. The number of methoxy groups -OCH3 is 1. The first-order valence-corrected chi connectivity index (χ1v) is 6.42. The molecule has 4 heteroatoms. The molecule has 0 spiro atoms. The third-order valence-electron chi connectivity index (χ3n) is 3.32. The van der Waals surface area contributed by atoms with Gasteiger partial charge in [0.05, 0.1) is 7.11 Å². The van der Waals surface area contributed by atoms with Crippen LogP contribution in [0.15, 0.2) is 0 Å². The van der Waals surface area contributed by atoms with Crippen LogP contribution in [0.3, 0.4) is 0 Å². The van der Waals surface area contributed by atoms with Crippen LogP contribution in [0.2, 0.25) is 0 Å². The SMILES string of the molecule is CCCC(C)N(C)CCCC(C)(N)C(=O)OC. The van der Waals surface area contributed by atoms with Crippen LogP contribution in [-0.2, 0) is 9.53 Å². The van der Waals surface area contributed by atoms with Crippen LogP contribution in [-0.4, -0.2) is 43.2 Å². The molecule has 2 unspecified atom stereocenters. The molecule has 0 rings (SSSR count). The van der Waals surface area contributed by atoms with E-state index >= 15 is 0 Å². The number of rotatable bonds is 8. The van der Waals surface area contributed by atoms with Crippen LogP contribution in [0.25, 0.3) is 0 Å². The summed E-state index contributed by atoms with van der Waals surface area (Å²) in [5, 5.41) is 0. The highest BCUT2D eigenvalue weighted by molar-refractivity contribution is 5.79. The second kappa shape index (κ2) is 7.67. The highest BCUT2D eigenvalue weighted by atomic mass is 16.5. The van der Waals surface area contributed by atoms with Crippen molar-refractivity contribution < 1.29 is 9.53 Å². The van der Waals surface area contributed by atoms with Gasteiger partial charge in [-0.25, -0.2) is 0 Å². The highest BCUT2D eigenvalue weighted by Crippen LogP contribution is 2.12. The lowest BCUT2D eigenvalue weighted by Crippen LogP contribution is -2.46. The molecule has 102 valence electrons. The number of hydrogen-bond donors (Lipinski definition) is 1. The summed E-state index contributed by atoms with van der Waals surface area (Å²) in [5.74, 6) is -0.332. The molecule has 0 heterocycles. The summed E-state index contributed by atoms with van der Waals surface area (Å²) in [7, 11) is 3.50. The lowest BCUT2D eigenvalue weighted by atomic mass is 9.97. The number of hydrogen-bond acceptors (Lipinski definition) is 4. The number of nitrogens with two attached hydrogens (primary N) is 1. The van der Waals surface area contributed by atoms with Crippen molar-refractivity contribution in [2.24, 2.45) is 5.73 Å². The molecular formula is C13H28N2O2. The number of carbonyl (C=O) groups is 1. The molecule has 2 N–H and O–H groups in total. The molecule has 0 aromatic heterocycles. The quantitative estimate of drug-likeness (QED) is 0.661. The predicted molar refractivity (Wildman–Crippen MR) is 70.8 cm³/mol. The van der Waals surface area contributed by atoms with Gasteiger partial charge in [-0.05, 0) is 46.7 Å². The summed E-state index contributed by atoms with van der Waals surface area (Å²) in [6, 6.07) is 0.585. The van der Waals surface area contributed by atoms with Gasteiger partial charge in [-0.1, -0.05) is 13.3 Å². The van der Waals surface area contributed by atoms with Gasteiger partial charge in [-0.3, -0.25) is 4.79 Å². The van der Waals surface area contributed by atoms with Gasteiger partial charge in [0.1, 0.15) is 5.54 Å². The molecule has 2 atom stereocenters. The molecule has 0 bridgehead atoms. The third-order valence-corrected chi connectivity index (χ3v) is 3.32. The third kappa shape index (κ3) is 6.03. The number of nitrogens with zero attached hydrogens (tertiary/aromatic N) is 1. The van der Waals surface area contributed by atoms with Crippen LogP contribution in [0, 0.1) is 0 Å². The number of ether oxygens (including phenoxy) is 1. The van der Waals surface area contributed by atoms with Gasteiger partial charge in [0.25, 0.3) is 0 Å². The molecule has 17 heavy (non-hydrogen) atoms. The van der Waals surface area contributed by atoms with Gasteiger partial charge < -0.3 is 15.4 Å². The molecule has 0 aliphatic rings. The van der Waals surface area contributed by atoms with Gasteiger partial charge >= 0.3 is 5.97 Å². The fraction of sp³-hybridized carbons (Fsp3) is 0.923. The molecular weight excluding hydrogens is 216 g/mol. The maximum Gasteiger partial charge on any atom is 0.325 e. The van der Waals surface area contributed by atoms with E-state index in [-0.39, 0.29) is 5.97 Å². The summed E-state index contributed by atoms with van der Waals surface area (Å²) in [4.78, 5) is 13.7. The first-order valence-electron chi connectivity index (χ1n) is 6.42. The Hall–Kier alpha value is -0.610. The van der Waals surface area contributed by atoms with Gasteiger partial charge in [0, 0.05) is 6.04 Å².